The number of carbonyl (C=O) groups is 1. The lowest BCUT2D eigenvalue weighted by Gasteiger charge is -2.17. The molecule has 0 spiro atoms. The summed E-state index contributed by atoms with van der Waals surface area (Å²) in [5.41, 5.74) is 9.63. The Morgan fingerprint density at radius 1 is 1.21 bits per heavy atom. The van der Waals surface area contributed by atoms with E-state index in [4.69, 9.17) is 27.2 Å². The van der Waals surface area contributed by atoms with E-state index < -0.39 is 13.0 Å². The van der Waals surface area contributed by atoms with Gasteiger partial charge in [-0.05, 0) is 49.9 Å². The lowest BCUT2D eigenvalue weighted by Crippen LogP contribution is -2.20. The van der Waals surface area contributed by atoms with Gasteiger partial charge in [0.2, 0.25) is 0 Å². The highest BCUT2D eigenvalue weighted by molar-refractivity contribution is 7.73. The number of rotatable bonds is 8. The molecule has 3 aromatic rings. The number of nitrogens with two attached hydrogens (primary N) is 1. The number of carbonyl (C=O) groups excluding carboxylic acids is 1. The largest absolute Gasteiger partial charge is 0.494 e. The van der Waals surface area contributed by atoms with Crippen molar-refractivity contribution in [2.24, 2.45) is 12.8 Å². The molecule has 0 atom stereocenters. The van der Waals surface area contributed by atoms with Gasteiger partial charge in [0.1, 0.15) is 12.3 Å². The van der Waals surface area contributed by atoms with Crippen LogP contribution in [0.5, 0.6) is 5.75 Å². The van der Waals surface area contributed by atoms with Crippen LogP contribution in [0.4, 0.5) is 11.4 Å². The molecular formula is C23H25ClN5O3P. The number of nitrogens with zero attached hydrogens (tertiary/aromatic N) is 3. The van der Waals surface area contributed by atoms with Crippen LogP contribution in [0.25, 0.3) is 11.3 Å². The Kier molecular flexibility index (Phi) is 5.46. The topological polar surface area (TPSA) is 112 Å². The van der Waals surface area contributed by atoms with Crippen molar-refractivity contribution in [1.29, 1.82) is 0 Å². The molecule has 8 nitrogen and oxygen atoms in total. The fourth-order valence-corrected chi connectivity index (χ4v) is 8.59. The number of aryl methyl sites for hydroxylation is 1. The van der Waals surface area contributed by atoms with E-state index in [0.717, 1.165) is 36.7 Å². The molecule has 0 saturated heterocycles. The van der Waals surface area contributed by atoms with E-state index in [0.29, 0.717) is 34.1 Å². The normalized spacial score (nSPS) is 16.0. The lowest BCUT2D eigenvalue weighted by atomic mass is 10.1. The van der Waals surface area contributed by atoms with Gasteiger partial charge >= 0.3 is 0 Å². The molecule has 0 unspecified atom stereocenters. The number of hydrogen-bond donors (Lipinski definition) is 2. The quantitative estimate of drug-likeness (QED) is 0.363. The van der Waals surface area contributed by atoms with Crippen LogP contribution in [0.3, 0.4) is 0 Å². The zero-order chi connectivity index (χ0) is 23.3. The Labute approximate surface area is 196 Å². The SMILES string of the molecule is COc1c(Nc2cc(Cl)ncc2C(N)=O)cccc1-c1cc(P(=O)(C2CC2)C2CC2)n(C)n1. The number of pyridine rings is 1. The zero-order valence-corrected chi connectivity index (χ0v) is 20.1. The first kappa shape index (κ1) is 22.0. The molecule has 1 amide bonds. The highest BCUT2D eigenvalue weighted by atomic mass is 35.5. The third-order valence-electron chi connectivity index (χ3n) is 6.29. The lowest BCUT2D eigenvalue weighted by molar-refractivity contribution is 0.100. The molecule has 2 aliphatic rings. The molecular weight excluding hydrogens is 461 g/mol. The van der Waals surface area contributed by atoms with Crippen molar-refractivity contribution in [1.82, 2.24) is 14.8 Å². The van der Waals surface area contributed by atoms with Gasteiger partial charge in [-0.1, -0.05) is 17.7 Å². The van der Waals surface area contributed by atoms with Gasteiger partial charge in [-0.3, -0.25) is 9.48 Å². The van der Waals surface area contributed by atoms with Gasteiger partial charge in [0.15, 0.2) is 5.75 Å². The number of para-hydroxylation sites is 1. The van der Waals surface area contributed by atoms with E-state index >= 15 is 0 Å². The molecule has 10 heteroatoms. The number of nitrogens with one attached hydrogen (secondary N) is 1. The van der Waals surface area contributed by atoms with Crippen molar-refractivity contribution < 1.29 is 14.1 Å². The number of ether oxygens (including phenoxy) is 1. The minimum Gasteiger partial charge on any atom is -0.494 e. The molecule has 0 bridgehead atoms. The molecule has 2 aliphatic carbocycles. The standard InChI is InChI=1S/C23H25ClN5O3P/c1-29-21(33(31,13-6-7-13)14-8-9-14)11-19(28-29)15-4-3-5-17(22(15)32-2)27-18-10-20(24)26-12-16(18)23(25)30/h3-5,10-14H,6-9H2,1-2H3,(H2,25,30)(H,26,27). The minimum absolute atomic E-state index is 0.210. The Balaban J connectivity index is 1.56. The summed E-state index contributed by atoms with van der Waals surface area (Å²) in [4.78, 5) is 15.8. The number of primary amides is 1. The summed E-state index contributed by atoms with van der Waals surface area (Å²) in [6.07, 6.45) is 5.48. The maximum atomic E-state index is 14.0. The van der Waals surface area contributed by atoms with Gasteiger partial charge in [0, 0.05) is 30.1 Å². The fourth-order valence-electron chi connectivity index (χ4n) is 4.44. The molecule has 2 fully saturated rings. The Bertz CT molecular complexity index is 1280. The highest BCUT2D eigenvalue weighted by Crippen LogP contribution is 2.69. The van der Waals surface area contributed by atoms with Crippen LogP contribution < -0.4 is 21.2 Å². The number of halogens is 1. The van der Waals surface area contributed by atoms with Crippen LogP contribution in [0.1, 0.15) is 36.0 Å². The van der Waals surface area contributed by atoms with Crippen molar-refractivity contribution in [2.75, 3.05) is 12.4 Å². The van der Waals surface area contributed by atoms with Crippen LogP contribution in [0.2, 0.25) is 5.15 Å². The van der Waals surface area contributed by atoms with E-state index in [-0.39, 0.29) is 10.7 Å². The Morgan fingerprint density at radius 3 is 2.52 bits per heavy atom. The van der Waals surface area contributed by atoms with Gasteiger partial charge in [0.05, 0.1) is 35.2 Å². The first-order valence-corrected chi connectivity index (χ1v) is 13.1. The predicted molar refractivity (Wildman–Crippen MR) is 130 cm³/mol. The molecule has 2 saturated carbocycles. The smallest absolute Gasteiger partial charge is 0.252 e. The van der Waals surface area contributed by atoms with E-state index in [2.05, 4.69) is 10.3 Å². The van der Waals surface area contributed by atoms with Gasteiger partial charge in [-0.15, -0.1) is 0 Å². The van der Waals surface area contributed by atoms with E-state index in [9.17, 15) is 9.36 Å². The second-order valence-corrected chi connectivity index (χ2v) is 12.3. The van der Waals surface area contributed by atoms with Crippen LogP contribution in [0.15, 0.2) is 36.5 Å². The van der Waals surface area contributed by atoms with Crippen LogP contribution in [-0.4, -0.2) is 39.1 Å². The number of hydrogen-bond acceptors (Lipinski definition) is 6. The number of aromatic nitrogens is 3. The Morgan fingerprint density at radius 2 is 1.91 bits per heavy atom. The predicted octanol–water partition coefficient (Wildman–Crippen LogP) is 4.30. The number of amides is 1. The van der Waals surface area contributed by atoms with Gasteiger partial charge in [-0.25, -0.2) is 4.98 Å². The first-order valence-electron chi connectivity index (χ1n) is 10.9. The van der Waals surface area contributed by atoms with Crippen molar-refractivity contribution in [3.63, 3.8) is 0 Å². The minimum atomic E-state index is -2.47. The van der Waals surface area contributed by atoms with Crippen LogP contribution in [0, 0.1) is 0 Å². The highest BCUT2D eigenvalue weighted by Gasteiger charge is 2.53. The maximum Gasteiger partial charge on any atom is 0.252 e. The summed E-state index contributed by atoms with van der Waals surface area (Å²) < 4.78 is 21.6. The molecule has 0 radical (unpaired) electrons. The summed E-state index contributed by atoms with van der Waals surface area (Å²) >= 11 is 6.04. The summed E-state index contributed by atoms with van der Waals surface area (Å²) in [6, 6.07) is 9.09. The van der Waals surface area contributed by atoms with Gasteiger partial charge < -0.3 is 20.4 Å². The van der Waals surface area contributed by atoms with E-state index in [1.54, 1.807) is 11.8 Å². The molecule has 2 heterocycles. The van der Waals surface area contributed by atoms with Crippen LogP contribution in [-0.2, 0) is 11.6 Å². The van der Waals surface area contributed by atoms with E-state index in [1.807, 2.05) is 31.3 Å². The summed E-state index contributed by atoms with van der Waals surface area (Å²) in [7, 11) is 0.962. The molecule has 5 rings (SSSR count). The molecule has 2 aromatic heterocycles. The van der Waals surface area contributed by atoms with Crippen molar-refractivity contribution >= 4 is 41.5 Å². The molecule has 1 aromatic carbocycles. The molecule has 0 aliphatic heterocycles. The zero-order valence-electron chi connectivity index (χ0n) is 18.4. The number of methoxy groups -OCH3 is 1. The summed E-state index contributed by atoms with van der Waals surface area (Å²) in [5, 5.41) is 8.13. The van der Waals surface area contributed by atoms with Gasteiger partial charge in [0.25, 0.3) is 5.91 Å². The van der Waals surface area contributed by atoms with Crippen molar-refractivity contribution in [3.8, 4) is 17.0 Å². The molecule has 3 N–H and O–H groups in total. The first-order chi connectivity index (χ1) is 15.8. The van der Waals surface area contributed by atoms with Crippen molar-refractivity contribution in [2.45, 2.75) is 37.0 Å². The molecule has 172 valence electrons. The molecule has 33 heavy (non-hydrogen) atoms. The average Bonchev–Trinajstić information content (AvgIpc) is 3.69. The number of anilines is 2. The van der Waals surface area contributed by atoms with Crippen molar-refractivity contribution in [3.05, 3.63) is 47.2 Å². The Hall–Kier alpha value is -2.83. The fraction of sp³-hybridized carbons (Fsp3) is 0.348. The second kappa shape index (κ2) is 8.19. The third kappa shape index (κ3) is 3.91. The number of benzene rings is 1. The van der Waals surface area contributed by atoms with E-state index in [1.165, 1.54) is 12.3 Å². The second-order valence-electron chi connectivity index (χ2n) is 8.61. The van der Waals surface area contributed by atoms with Gasteiger partial charge in [-0.2, -0.15) is 5.10 Å². The maximum absolute atomic E-state index is 14.0. The summed E-state index contributed by atoms with van der Waals surface area (Å²) in [5.74, 6) is -0.0831. The summed E-state index contributed by atoms with van der Waals surface area (Å²) in [6.45, 7) is 0. The monoisotopic (exact) mass is 485 g/mol. The third-order valence-corrected chi connectivity index (χ3v) is 10.8. The average molecular weight is 486 g/mol. The van der Waals surface area contributed by atoms with Crippen LogP contribution >= 0.6 is 18.7 Å².